The van der Waals surface area contributed by atoms with E-state index in [1.165, 1.54) is 16.2 Å². The van der Waals surface area contributed by atoms with E-state index >= 15 is 0 Å². The van der Waals surface area contributed by atoms with Crippen LogP contribution in [0, 0.1) is 13.8 Å². The Hall–Kier alpha value is -1.01. The molecule has 0 aliphatic heterocycles. The lowest BCUT2D eigenvalue weighted by Gasteiger charge is -1.98. The number of nitrogens with one attached hydrogen (secondary N) is 1. The quantitative estimate of drug-likeness (QED) is 0.872. The first-order valence-corrected chi connectivity index (χ1v) is 5.88. The maximum absolute atomic E-state index is 4.36. The van der Waals surface area contributed by atoms with Crippen molar-refractivity contribution in [2.45, 2.75) is 20.4 Å². The predicted molar refractivity (Wildman–Crippen MR) is 58.8 cm³/mol. The molecule has 0 saturated carbocycles. The average Bonchev–Trinajstić information content (AvgIpc) is 2.72. The third kappa shape index (κ3) is 2.08. The zero-order chi connectivity index (χ0) is 9.97. The molecule has 2 aromatic heterocycles. The zero-order valence-corrected chi connectivity index (χ0v) is 9.58. The van der Waals surface area contributed by atoms with E-state index in [4.69, 9.17) is 0 Å². The van der Waals surface area contributed by atoms with Crippen molar-refractivity contribution >= 4 is 27.8 Å². The molecule has 0 spiro atoms. The Morgan fingerprint density at radius 2 is 2.29 bits per heavy atom. The van der Waals surface area contributed by atoms with Gasteiger partial charge in [0.1, 0.15) is 5.51 Å². The molecule has 74 valence electrons. The van der Waals surface area contributed by atoms with Crippen molar-refractivity contribution in [2.75, 3.05) is 5.32 Å². The largest absolute Gasteiger partial charge is 0.355 e. The predicted octanol–water partition coefficient (Wildman–Crippen LogP) is 2.22. The molecule has 4 nitrogen and oxygen atoms in total. The van der Waals surface area contributed by atoms with Gasteiger partial charge in [-0.2, -0.15) is 0 Å². The third-order valence-electron chi connectivity index (χ3n) is 1.76. The summed E-state index contributed by atoms with van der Waals surface area (Å²) < 4.78 is 0. The maximum Gasteiger partial charge on any atom is 0.205 e. The first kappa shape index (κ1) is 9.54. The number of nitrogens with zero attached hydrogens (tertiary/aromatic N) is 3. The summed E-state index contributed by atoms with van der Waals surface area (Å²) in [4.78, 5) is 5.62. The van der Waals surface area contributed by atoms with E-state index in [0.29, 0.717) is 0 Å². The zero-order valence-electron chi connectivity index (χ0n) is 7.94. The molecule has 1 N–H and O–H groups in total. The minimum atomic E-state index is 0.784. The van der Waals surface area contributed by atoms with Crippen molar-refractivity contribution < 1.29 is 0 Å². The van der Waals surface area contributed by atoms with Crippen LogP contribution in [0.2, 0.25) is 0 Å². The Bertz CT molecular complexity index is 407. The fraction of sp³-hybridized carbons (Fsp3) is 0.375. The molecule has 0 saturated heterocycles. The molecule has 2 heterocycles. The molecular weight excluding hydrogens is 216 g/mol. The highest BCUT2D eigenvalue weighted by Crippen LogP contribution is 2.19. The molecule has 0 fully saturated rings. The fourth-order valence-corrected chi connectivity index (χ4v) is 2.46. The van der Waals surface area contributed by atoms with Gasteiger partial charge in [0.05, 0.1) is 17.2 Å². The number of thiazole rings is 1. The van der Waals surface area contributed by atoms with Crippen LogP contribution in [-0.4, -0.2) is 15.2 Å². The lowest BCUT2D eigenvalue weighted by Crippen LogP contribution is -1.98. The van der Waals surface area contributed by atoms with Crippen molar-refractivity contribution in [3.63, 3.8) is 0 Å². The third-order valence-corrected chi connectivity index (χ3v) is 3.48. The standard InChI is InChI=1S/C8H10N4S2/c1-5-7(14-6(2)11-5)3-9-8-12-10-4-13-8/h4H,3H2,1-2H3,(H,9,12). The molecule has 0 bridgehead atoms. The summed E-state index contributed by atoms with van der Waals surface area (Å²) in [6.07, 6.45) is 0. The molecule has 0 amide bonds. The Balaban J connectivity index is 2.01. The molecule has 0 aromatic carbocycles. The van der Waals surface area contributed by atoms with E-state index < -0.39 is 0 Å². The molecule has 14 heavy (non-hydrogen) atoms. The highest BCUT2D eigenvalue weighted by Gasteiger charge is 2.04. The molecule has 0 aliphatic carbocycles. The topological polar surface area (TPSA) is 50.7 Å². The van der Waals surface area contributed by atoms with Crippen LogP contribution in [0.1, 0.15) is 15.6 Å². The Morgan fingerprint density at radius 1 is 1.43 bits per heavy atom. The van der Waals surface area contributed by atoms with Gasteiger partial charge in [-0.05, 0) is 13.8 Å². The lowest BCUT2D eigenvalue weighted by atomic mass is 10.4. The van der Waals surface area contributed by atoms with Crippen LogP contribution in [-0.2, 0) is 6.54 Å². The monoisotopic (exact) mass is 226 g/mol. The molecule has 0 radical (unpaired) electrons. The van der Waals surface area contributed by atoms with E-state index in [0.717, 1.165) is 22.4 Å². The van der Waals surface area contributed by atoms with Crippen LogP contribution in [0.15, 0.2) is 5.51 Å². The Kier molecular flexibility index (Phi) is 2.74. The summed E-state index contributed by atoms with van der Waals surface area (Å²) in [6, 6.07) is 0. The second-order valence-electron chi connectivity index (χ2n) is 2.84. The number of aromatic nitrogens is 3. The first-order valence-electron chi connectivity index (χ1n) is 4.18. The highest BCUT2D eigenvalue weighted by atomic mass is 32.1. The van der Waals surface area contributed by atoms with Crippen molar-refractivity contribution in [3.8, 4) is 0 Å². The van der Waals surface area contributed by atoms with Crippen LogP contribution >= 0.6 is 22.7 Å². The summed E-state index contributed by atoms with van der Waals surface area (Å²) >= 11 is 3.22. The van der Waals surface area contributed by atoms with Crippen molar-refractivity contribution in [1.82, 2.24) is 15.2 Å². The normalized spacial score (nSPS) is 10.4. The molecule has 0 aliphatic rings. The first-order chi connectivity index (χ1) is 6.75. The molecule has 2 aromatic rings. The van der Waals surface area contributed by atoms with Gasteiger partial charge in [0.25, 0.3) is 0 Å². The van der Waals surface area contributed by atoms with E-state index in [1.807, 2.05) is 13.8 Å². The van der Waals surface area contributed by atoms with E-state index in [-0.39, 0.29) is 0 Å². The Labute approximate surface area is 90.0 Å². The summed E-state index contributed by atoms with van der Waals surface area (Å²) in [5.74, 6) is 0. The van der Waals surface area contributed by atoms with Gasteiger partial charge < -0.3 is 5.32 Å². The number of hydrogen-bond acceptors (Lipinski definition) is 6. The van der Waals surface area contributed by atoms with Crippen molar-refractivity contribution in [2.24, 2.45) is 0 Å². The number of hydrogen-bond donors (Lipinski definition) is 1. The molecule has 0 unspecified atom stereocenters. The average molecular weight is 226 g/mol. The van der Waals surface area contributed by atoms with Gasteiger partial charge in [0.15, 0.2) is 0 Å². The lowest BCUT2D eigenvalue weighted by molar-refractivity contribution is 1.05. The van der Waals surface area contributed by atoms with Gasteiger partial charge in [-0.15, -0.1) is 21.5 Å². The van der Waals surface area contributed by atoms with Gasteiger partial charge in [0.2, 0.25) is 5.13 Å². The van der Waals surface area contributed by atoms with Gasteiger partial charge in [-0.1, -0.05) is 11.3 Å². The summed E-state index contributed by atoms with van der Waals surface area (Å²) in [5, 5.41) is 12.8. The van der Waals surface area contributed by atoms with Gasteiger partial charge in [0, 0.05) is 4.88 Å². The van der Waals surface area contributed by atoms with Crippen LogP contribution in [0.25, 0.3) is 0 Å². The van der Waals surface area contributed by atoms with Crippen molar-refractivity contribution in [3.05, 3.63) is 21.1 Å². The SMILES string of the molecule is Cc1nc(C)c(CNc2nncs2)s1. The minimum Gasteiger partial charge on any atom is -0.355 e. The fourth-order valence-electron chi connectivity index (χ4n) is 1.14. The molecule has 2 rings (SSSR count). The van der Waals surface area contributed by atoms with Gasteiger partial charge in [-0.25, -0.2) is 4.98 Å². The number of rotatable bonds is 3. The van der Waals surface area contributed by atoms with Crippen LogP contribution in [0.3, 0.4) is 0 Å². The van der Waals surface area contributed by atoms with E-state index in [1.54, 1.807) is 16.8 Å². The molecule has 0 atom stereocenters. The smallest absolute Gasteiger partial charge is 0.205 e. The second kappa shape index (κ2) is 4.02. The minimum absolute atomic E-state index is 0.784. The maximum atomic E-state index is 4.36. The van der Waals surface area contributed by atoms with E-state index in [9.17, 15) is 0 Å². The van der Waals surface area contributed by atoms with Gasteiger partial charge >= 0.3 is 0 Å². The van der Waals surface area contributed by atoms with Crippen molar-refractivity contribution in [1.29, 1.82) is 0 Å². The Morgan fingerprint density at radius 3 is 2.86 bits per heavy atom. The summed E-state index contributed by atoms with van der Waals surface area (Å²) in [5.41, 5.74) is 2.82. The van der Waals surface area contributed by atoms with Crippen LogP contribution in [0.5, 0.6) is 0 Å². The van der Waals surface area contributed by atoms with Crippen LogP contribution < -0.4 is 5.32 Å². The molecule has 6 heteroatoms. The summed E-state index contributed by atoms with van der Waals surface area (Å²) in [7, 11) is 0. The second-order valence-corrected chi connectivity index (χ2v) is 4.96. The van der Waals surface area contributed by atoms with Crippen LogP contribution in [0.4, 0.5) is 5.13 Å². The summed E-state index contributed by atoms with van der Waals surface area (Å²) in [6.45, 7) is 4.83. The van der Waals surface area contributed by atoms with Gasteiger partial charge in [-0.3, -0.25) is 0 Å². The molecular formula is C8H10N4S2. The number of anilines is 1. The number of aryl methyl sites for hydroxylation is 2. The van der Waals surface area contributed by atoms with E-state index in [2.05, 4.69) is 20.5 Å². The highest BCUT2D eigenvalue weighted by molar-refractivity contribution is 7.13.